The molecule has 3 rings (SSSR count). The summed E-state index contributed by atoms with van der Waals surface area (Å²) in [6.45, 7) is 3.45. The van der Waals surface area contributed by atoms with Crippen LogP contribution in [0.4, 0.5) is 0 Å². The summed E-state index contributed by atoms with van der Waals surface area (Å²) in [5.74, 6) is 1.15. The number of hydrogen-bond acceptors (Lipinski definition) is 4. The highest BCUT2D eigenvalue weighted by Gasteiger charge is 2.11. The van der Waals surface area contributed by atoms with Crippen molar-refractivity contribution in [3.8, 4) is 5.75 Å². The summed E-state index contributed by atoms with van der Waals surface area (Å²) in [6, 6.07) is 12.5. The number of nitrogens with zero attached hydrogens (tertiary/aromatic N) is 2. The summed E-state index contributed by atoms with van der Waals surface area (Å²) in [4.78, 5) is 12.1. The van der Waals surface area contributed by atoms with E-state index in [1.54, 1.807) is 24.3 Å². The second kappa shape index (κ2) is 8.58. The third kappa shape index (κ3) is 4.89. The second-order valence-electron chi connectivity index (χ2n) is 5.81. The van der Waals surface area contributed by atoms with Gasteiger partial charge in [0.15, 0.2) is 5.76 Å². The quantitative estimate of drug-likeness (QED) is 0.609. The van der Waals surface area contributed by atoms with Crippen molar-refractivity contribution in [3.05, 3.63) is 70.9 Å². The van der Waals surface area contributed by atoms with Crippen LogP contribution in [-0.4, -0.2) is 22.2 Å². The van der Waals surface area contributed by atoms with E-state index < -0.39 is 0 Å². The van der Waals surface area contributed by atoms with E-state index in [9.17, 15) is 4.79 Å². The Morgan fingerprint density at radius 1 is 1.27 bits per heavy atom. The molecule has 26 heavy (non-hydrogen) atoms. The molecule has 0 bridgehead atoms. The van der Waals surface area contributed by atoms with Crippen molar-refractivity contribution in [2.24, 2.45) is 0 Å². The first-order valence-corrected chi connectivity index (χ1v) is 8.74. The van der Waals surface area contributed by atoms with Gasteiger partial charge in [0.25, 0.3) is 5.91 Å². The molecular weight excluding hydrogens is 354 g/mol. The summed E-state index contributed by atoms with van der Waals surface area (Å²) in [5.41, 5.74) is 0.983. The van der Waals surface area contributed by atoms with Gasteiger partial charge in [-0.3, -0.25) is 9.48 Å². The average molecular weight is 374 g/mol. The molecule has 0 radical (unpaired) electrons. The Morgan fingerprint density at radius 2 is 2.12 bits per heavy atom. The topological polar surface area (TPSA) is 69.3 Å². The third-order valence-electron chi connectivity index (χ3n) is 3.72. The Labute approximate surface area is 156 Å². The molecule has 0 aliphatic heterocycles. The first-order valence-electron chi connectivity index (χ1n) is 8.36. The maximum Gasteiger partial charge on any atom is 0.286 e. The fourth-order valence-corrected chi connectivity index (χ4v) is 2.60. The highest BCUT2D eigenvalue weighted by molar-refractivity contribution is 6.32. The lowest BCUT2D eigenvalue weighted by Gasteiger charge is -2.06. The van der Waals surface area contributed by atoms with Gasteiger partial charge in [-0.2, -0.15) is 5.10 Å². The van der Waals surface area contributed by atoms with Crippen molar-refractivity contribution >= 4 is 17.5 Å². The van der Waals surface area contributed by atoms with Gasteiger partial charge in [0.1, 0.15) is 18.1 Å². The van der Waals surface area contributed by atoms with Crippen LogP contribution in [0.3, 0.4) is 0 Å². The van der Waals surface area contributed by atoms with Crippen molar-refractivity contribution in [2.75, 3.05) is 6.54 Å². The lowest BCUT2D eigenvalue weighted by atomic mass is 10.3. The van der Waals surface area contributed by atoms with E-state index in [0.717, 1.165) is 18.7 Å². The fraction of sp³-hybridized carbons (Fsp3) is 0.263. The maximum atomic E-state index is 12.1. The van der Waals surface area contributed by atoms with Gasteiger partial charge in [-0.25, -0.2) is 0 Å². The molecule has 1 aromatic carbocycles. The molecule has 6 nitrogen and oxygen atoms in total. The number of aryl methyl sites for hydroxylation is 2. The van der Waals surface area contributed by atoms with Gasteiger partial charge in [0.2, 0.25) is 0 Å². The highest BCUT2D eigenvalue weighted by Crippen LogP contribution is 2.24. The number of halogens is 1. The molecule has 0 atom stereocenters. The number of carbonyl (C=O) groups is 1. The number of rotatable bonds is 8. The number of hydrogen-bond donors (Lipinski definition) is 1. The highest BCUT2D eigenvalue weighted by atomic mass is 35.5. The molecule has 0 spiro atoms. The number of ether oxygens (including phenoxy) is 1. The van der Waals surface area contributed by atoms with E-state index in [1.807, 2.05) is 36.0 Å². The zero-order valence-electron chi connectivity index (χ0n) is 14.4. The summed E-state index contributed by atoms with van der Waals surface area (Å²) in [5, 5.41) is 7.67. The van der Waals surface area contributed by atoms with Crippen LogP contribution in [0.15, 0.2) is 53.1 Å². The molecule has 0 unspecified atom stereocenters. The van der Waals surface area contributed by atoms with Gasteiger partial charge in [0.05, 0.1) is 10.7 Å². The Balaban J connectivity index is 1.43. The third-order valence-corrected chi connectivity index (χ3v) is 4.03. The first-order chi connectivity index (χ1) is 12.6. The lowest BCUT2D eigenvalue weighted by molar-refractivity contribution is 0.0921. The zero-order valence-corrected chi connectivity index (χ0v) is 15.2. The normalized spacial score (nSPS) is 10.7. The summed E-state index contributed by atoms with van der Waals surface area (Å²) in [7, 11) is 0. The van der Waals surface area contributed by atoms with Crippen molar-refractivity contribution in [3.63, 3.8) is 0 Å². The molecule has 0 aliphatic carbocycles. The van der Waals surface area contributed by atoms with Crippen molar-refractivity contribution in [2.45, 2.75) is 26.5 Å². The molecule has 0 saturated heterocycles. The Bertz CT molecular complexity index is 872. The molecule has 0 aliphatic rings. The Morgan fingerprint density at radius 3 is 2.88 bits per heavy atom. The van der Waals surface area contributed by atoms with Gasteiger partial charge in [-0.05, 0) is 43.7 Å². The Kier molecular flexibility index (Phi) is 5.96. The number of carbonyl (C=O) groups excluding carboxylic acids is 1. The number of furan rings is 1. The number of para-hydroxylation sites is 1. The summed E-state index contributed by atoms with van der Waals surface area (Å²) >= 11 is 6.04. The molecule has 1 N–H and O–H groups in total. The largest absolute Gasteiger partial charge is 0.484 e. The van der Waals surface area contributed by atoms with E-state index in [-0.39, 0.29) is 18.3 Å². The first kappa shape index (κ1) is 18.1. The molecule has 7 heteroatoms. The smallest absolute Gasteiger partial charge is 0.286 e. The maximum absolute atomic E-state index is 12.1. The molecule has 2 heterocycles. The van der Waals surface area contributed by atoms with Gasteiger partial charge in [-0.1, -0.05) is 23.7 Å². The van der Waals surface area contributed by atoms with Crippen LogP contribution in [0.5, 0.6) is 5.75 Å². The fourth-order valence-electron chi connectivity index (χ4n) is 2.41. The molecule has 2 aromatic heterocycles. The number of aromatic nitrogens is 2. The van der Waals surface area contributed by atoms with Crippen molar-refractivity contribution in [1.82, 2.24) is 15.1 Å². The second-order valence-corrected chi connectivity index (χ2v) is 6.22. The molecule has 0 fully saturated rings. The number of amides is 1. The number of benzene rings is 1. The molecule has 3 aromatic rings. The van der Waals surface area contributed by atoms with Crippen LogP contribution < -0.4 is 10.1 Å². The minimum Gasteiger partial charge on any atom is -0.484 e. The number of nitrogens with one attached hydrogen (secondary N) is 1. The van der Waals surface area contributed by atoms with Crippen molar-refractivity contribution in [1.29, 1.82) is 0 Å². The predicted octanol–water partition coefficient (Wildman–Crippen LogP) is 3.84. The van der Waals surface area contributed by atoms with E-state index in [1.165, 1.54) is 0 Å². The Hall–Kier alpha value is -2.73. The standard InChI is InChI=1S/C19H20ClN3O3/c1-14-9-12-23(22-14)11-4-10-21-19(24)18-8-7-15(26-18)13-25-17-6-3-2-5-16(17)20/h2-3,5-9,12H,4,10-11,13H2,1H3,(H,21,24). The van der Waals surface area contributed by atoms with Crippen LogP contribution in [0.2, 0.25) is 5.02 Å². The SMILES string of the molecule is Cc1ccn(CCCNC(=O)c2ccc(COc3ccccc3Cl)o2)n1. The molecular formula is C19H20ClN3O3. The van der Waals surface area contributed by atoms with Gasteiger partial charge >= 0.3 is 0 Å². The predicted molar refractivity (Wildman–Crippen MR) is 98.4 cm³/mol. The van der Waals surface area contributed by atoms with Gasteiger partial charge < -0.3 is 14.5 Å². The van der Waals surface area contributed by atoms with Crippen LogP contribution in [0.1, 0.15) is 28.4 Å². The molecule has 136 valence electrons. The average Bonchev–Trinajstić information content (AvgIpc) is 3.27. The zero-order chi connectivity index (χ0) is 18.4. The van der Waals surface area contributed by atoms with E-state index in [2.05, 4.69) is 10.4 Å². The summed E-state index contributed by atoms with van der Waals surface area (Å²) < 4.78 is 13.0. The van der Waals surface area contributed by atoms with Crippen LogP contribution in [-0.2, 0) is 13.2 Å². The van der Waals surface area contributed by atoms with E-state index >= 15 is 0 Å². The van der Waals surface area contributed by atoms with Crippen LogP contribution in [0, 0.1) is 6.92 Å². The van der Waals surface area contributed by atoms with Crippen molar-refractivity contribution < 1.29 is 13.9 Å². The van der Waals surface area contributed by atoms with Gasteiger partial charge in [0, 0.05) is 19.3 Å². The van der Waals surface area contributed by atoms with Gasteiger partial charge in [-0.15, -0.1) is 0 Å². The summed E-state index contributed by atoms with van der Waals surface area (Å²) in [6.07, 6.45) is 2.71. The van der Waals surface area contributed by atoms with E-state index in [4.69, 9.17) is 20.8 Å². The van der Waals surface area contributed by atoms with Crippen LogP contribution >= 0.6 is 11.6 Å². The monoisotopic (exact) mass is 373 g/mol. The molecule has 1 amide bonds. The van der Waals surface area contributed by atoms with Crippen LogP contribution in [0.25, 0.3) is 0 Å². The minimum atomic E-state index is -0.245. The minimum absolute atomic E-state index is 0.204. The van der Waals surface area contributed by atoms with E-state index in [0.29, 0.717) is 23.1 Å². The molecule has 0 saturated carbocycles. The lowest BCUT2D eigenvalue weighted by Crippen LogP contribution is -2.24.